The van der Waals surface area contributed by atoms with Crippen molar-refractivity contribution in [2.45, 2.75) is 44.3 Å². The average Bonchev–Trinajstić information content (AvgIpc) is 3.26. The van der Waals surface area contributed by atoms with E-state index in [0.29, 0.717) is 30.5 Å². The first-order chi connectivity index (χ1) is 14.3. The normalized spacial score (nSPS) is 19.6. The van der Waals surface area contributed by atoms with Crippen molar-refractivity contribution in [3.8, 4) is 5.75 Å². The zero-order valence-electron chi connectivity index (χ0n) is 16.1. The smallest absolute Gasteiger partial charge is 0.256 e. The summed E-state index contributed by atoms with van der Waals surface area (Å²) in [5, 5.41) is 13.4. The Labute approximate surface area is 176 Å². The van der Waals surface area contributed by atoms with E-state index >= 15 is 0 Å². The number of hydrogen-bond acceptors (Lipinski definition) is 7. The Morgan fingerprint density at radius 2 is 2.00 bits per heavy atom. The average molecular weight is 427 g/mol. The number of Topliss-reactive ketones (excluding diaryl/α,β-unsaturated/α-hetero) is 1. The van der Waals surface area contributed by atoms with Gasteiger partial charge in [0.2, 0.25) is 11.8 Å². The second kappa shape index (κ2) is 8.00. The van der Waals surface area contributed by atoms with E-state index in [4.69, 9.17) is 5.73 Å². The van der Waals surface area contributed by atoms with Crippen molar-refractivity contribution < 1.29 is 24.3 Å². The molecule has 1 fully saturated rings. The number of imide groups is 1. The molecule has 3 amide bonds. The largest absolute Gasteiger partial charge is 0.508 e. The highest BCUT2D eigenvalue weighted by Gasteiger charge is 2.40. The van der Waals surface area contributed by atoms with Crippen molar-refractivity contribution >= 4 is 34.8 Å². The van der Waals surface area contributed by atoms with E-state index in [1.165, 1.54) is 28.4 Å². The number of aromatic hydroxyl groups is 1. The van der Waals surface area contributed by atoms with Crippen molar-refractivity contribution in [3.63, 3.8) is 0 Å². The van der Waals surface area contributed by atoms with Gasteiger partial charge in [-0.1, -0.05) is 12.1 Å². The van der Waals surface area contributed by atoms with Crippen LogP contribution >= 0.6 is 11.3 Å². The Bertz CT molecular complexity index is 1030. The number of piperidine rings is 1. The number of phenolic OH excluding ortho intramolecular Hbond substituents is 1. The number of aryl methyl sites for hydroxylation is 1. The molecule has 0 aliphatic carbocycles. The summed E-state index contributed by atoms with van der Waals surface area (Å²) in [6.07, 6.45) is 1.21. The molecule has 0 saturated carbocycles. The third-order valence-corrected chi connectivity index (χ3v) is 6.67. The lowest BCUT2D eigenvalue weighted by atomic mass is 9.99. The first kappa shape index (κ1) is 20.2. The minimum absolute atomic E-state index is 0.109. The first-order valence-corrected chi connectivity index (χ1v) is 10.5. The highest BCUT2D eigenvalue weighted by Crippen LogP contribution is 2.34. The molecule has 1 aromatic carbocycles. The van der Waals surface area contributed by atoms with Crippen molar-refractivity contribution in [1.82, 2.24) is 10.2 Å². The monoisotopic (exact) mass is 427 g/mol. The minimum atomic E-state index is -0.778. The van der Waals surface area contributed by atoms with Crippen LogP contribution in [-0.4, -0.2) is 39.6 Å². The highest BCUT2D eigenvalue weighted by molar-refractivity contribution is 7.10. The van der Waals surface area contributed by atoms with Crippen molar-refractivity contribution in [2.24, 2.45) is 5.73 Å². The maximum atomic E-state index is 12.8. The first-order valence-electron chi connectivity index (χ1n) is 9.66. The fourth-order valence-corrected chi connectivity index (χ4v) is 4.91. The van der Waals surface area contributed by atoms with Crippen LogP contribution in [-0.2, 0) is 27.3 Å². The fourth-order valence-electron chi connectivity index (χ4n) is 3.87. The number of benzene rings is 1. The van der Waals surface area contributed by atoms with Gasteiger partial charge >= 0.3 is 0 Å². The molecule has 1 aromatic heterocycles. The summed E-state index contributed by atoms with van der Waals surface area (Å²) >= 11 is 1.43. The third-order valence-electron chi connectivity index (χ3n) is 5.58. The Morgan fingerprint density at radius 3 is 2.70 bits per heavy atom. The van der Waals surface area contributed by atoms with Gasteiger partial charge in [0, 0.05) is 29.6 Å². The number of nitrogens with one attached hydrogen (secondary N) is 1. The van der Waals surface area contributed by atoms with Gasteiger partial charge < -0.3 is 15.7 Å². The predicted molar refractivity (Wildman–Crippen MR) is 109 cm³/mol. The van der Waals surface area contributed by atoms with E-state index in [2.05, 4.69) is 5.32 Å². The number of nitrogens with zero attached hydrogens (tertiary/aromatic N) is 1. The van der Waals surface area contributed by atoms with Gasteiger partial charge in [0.05, 0.1) is 11.6 Å². The number of ketones is 1. The summed E-state index contributed by atoms with van der Waals surface area (Å²) in [7, 11) is 0. The maximum Gasteiger partial charge on any atom is 0.256 e. The number of thiophene rings is 1. The van der Waals surface area contributed by atoms with Crippen LogP contribution in [0.5, 0.6) is 5.75 Å². The van der Waals surface area contributed by atoms with Crippen LogP contribution in [0.2, 0.25) is 0 Å². The summed E-state index contributed by atoms with van der Waals surface area (Å²) in [5.41, 5.74) is 8.09. The van der Waals surface area contributed by atoms with E-state index in [1.807, 2.05) is 0 Å². The molecule has 30 heavy (non-hydrogen) atoms. The van der Waals surface area contributed by atoms with Crippen LogP contribution in [0.3, 0.4) is 0 Å². The van der Waals surface area contributed by atoms with Crippen LogP contribution in [0.15, 0.2) is 29.6 Å². The molecule has 4 N–H and O–H groups in total. The molecule has 156 valence electrons. The minimum Gasteiger partial charge on any atom is -0.508 e. The van der Waals surface area contributed by atoms with Gasteiger partial charge in [-0.05, 0) is 36.1 Å². The van der Waals surface area contributed by atoms with Crippen LogP contribution in [0.1, 0.15) is 51.7 Å². The number of carbonyl (C=O) groups is 4. The van der Waals surface area contributed by atoms with E-state index in [0.717, 1.165) is 10.4 Å². The molecule has 2 aromatic rings. The summed E-state index contributed by atoms with van der Waals surface area (Å²) in [5.74, 6) is -0.993. The number of phenols is 1. The van der Waals surface area contributed by atoms with Crippen LogP contribution < -0.4 is 11.1 Å². The number of nitrogens with two attached hydrogens (primary N) is 1. The number of fused-ring (bicyclic) bond motifs is 1. The van der Waals surface area contributed by atoms with Crippen molar-refractivity contribution in [3.05, 3.63) is 51.2 Å². The lowest BCUT2D eigenvalue weighted by Crippen LogP contribution is -2.52. The standard InChI is InChI=1S/C21H21N3O5S/c22-19(11-1-3-12(25)4-2-11)16(26)6-7-17-13-9-24(21(29)14(13)10-30-17)15-5-8-18(27)23-20(15)28/h1-4,10,15,19,25H,5-9,22H2,(H,23,27,28). The van der Waals surface area contributed by atoms with E-state index in [1.54, 1.807) is 17.5 Å². The number of rotatable bonds is 6. The van der Waals surface area contributed by atoms with Gasteiger partial charge in [0.15, 0.2) is 5.78 Å². The van der Waals surface area contributed by atoms with Crippen molar-refractivity contribution in [1.29, 1.82) is 0 Å². The molecule has 2 aliphatic rings. The number of amides is 3. The molecular formula is C21H21N3O5S. The van der Waals surface area contributed by atoms with E-state index in [-0.39, 0.29) is 36.2 Å². The molecule has 9 heteroatoms. The van der Waals surface area contributed by atoms with E-state index in [9.17, 15) is 24.3 Å². The van der Waals surface area contributed by atoms with Crippen molar-refractivity contribution in [2.75, 3.05) is 0 Å². The molecule has 0 spiro atoms. The van der Waals surface area contributed by atoms with Crippen LogP contribution in [0.4, 0.5) is 0 Å². The second-order valence-corrected chi connectivity index (χ2v) is 8.45. The summed E-state index contributed by atoms with van der Waals surface area (Å²) in [6, 6.07) is 4.80. The van der Waals surface area contributed by atoms with Gasteiger partial charge in [0.1, 0.15) is 11.8 Å². The van der Waals surface area contributed by atoms with Gasteiger partial charge in [-0.2, -0.15) is 0 Å². The molecule has 2 unspecified atom stereocenters. The zero-order chi connectivity index (χ0) is 21.4. The van der Waals surface area contributed by atoms with Gasteiger partial charge in [-0.3, -0.25) is 24.5 Å². The fraction of sp³-hybridized carbons (Fsp3) is 0.333. The van der Waals surface area contributed by atoms with Gasteiger partial charge in [-0.25, -0.2) is 0 Å². The lowest BCUT2D eigenvalue weighted by Gasteiger charge is -2.29. The molecule has 0 radical (unpaired) electrons. The Kier molecular flexibility index (Phi) is 5.40. The molecule has 2 atom stereocenters. The number of carbonyl (C=O) groups excluding carboxylic acids is 4. The Morgan fingerprint density at radius 1 is 1.27 bits per heavy atom. The molecule has 0 bridgehead atoms. The zero-order valence-corrected chi connectivity index (χ0v) is 16.9. The SMILES string of the molecule is NC(C(=O)CCc1scc2c1CN(C1CCC(=O)NC1=O)C2=O)c1ccc(O)cc1. The van der Waals surface area contributed by atoms with Crippen LogP contribution in [0, 0.1) is 0 Å². The predicted octanol–water partition coefficient (Wildman–Crippen LogP) is 1.42. The van der Waals surface area contributed by atoms with Gasteiger partial charge in [0.25, 0.3) is 5.91 Å². The molecule has 3 heterocycles. The molecule has 1 saturated heterocycles. The van der Waals surface area contributed by atoms with Gasteiger partial charge in [-0.15, -0.1) is 11.3 Å². The third kappa shape index (κ3) is 3.73. The molecule has 2 aliphatic heterocycles. The summed E-state index contributed by atoms with van der Waals surface area (Å²) < 4.78 is 0. The molecule has 4 rings (SSSR count). The molecule has 8 nitrogen and oxygen atoms in total. The topological polar surface area (TPSA) is 130 Å². The quantitative estimate of drug-likeness (QED) is 0.598. The summed E-state index contributed by atoms with van der Waals surface area (Å²) in [4.78, 5) is 51.2. The Hall–Kier alpha value is -3.04. The van der Waals surface area contributed by atoms with E-state index < -0.39 is 18.0 Å². The Balaban J connectivity index is 1.42. The second-order valence-electron chi connectivity index (χ2n) is 7.49. The maximum absolute atomic E-state index is 12.8. The number of hydrogen-bond donors (Lipinski definition) is 3. The lowest BCUT2D eigenvalue weighted by molar-refractivity contribution is -0.137. The highest BCUT2D eigenvalue weighted by atomic mass is 32.1. The van der Waals surface area contributed by atoms with Crippen LogP contribution in [0.25, 0.3) is 0 Å². The molecular weight excluding hydrogens is 406 g/mol. The summed E-state index contributed by atoms with van der Waals surface area (Å²) in [6.45, 7) is 0.303.